The van der Waals surface area contributed by atoms with Gasteiger partial charge in [0.15, 0.2) is 0 Å². The van der Waals surface area contributed by atoms with E-state index in [4.69, 9.17) is 5.73 Å². The van der Waals surface area contributed by atoms with Crippen molar-refractivity contribution in [2.75, 3.05) is 0 Å². The monoisotopic (exact) mass is 253 g/mol. The van der Waals surface area contributed by atoms with E-state index in [0.717, 1.165) is 6.92 Å². The first-order chi connectivity index (χ1) is 6.94. The van der Waals surface area contributed by atoms with E-state index in [1.54, 1.807) is 0 Å². The number of ether oxygens (including phenoxy) is 1. The van der Waals surface area contributed by atoms with Gasteiger partial charge < -0.3 is 10.5 Å². The number of alkyl halides is 6. The molecule has 2 N–H and O–H groups in total. The minimum atomic E-state index is -5.47. The smallest absolute Gasteiger partial charge is 0.358 e. The molecule has 0 aromatic carbocycles. The molecule has 0 amide bonds. The molecular formula is C8H13F6NO. The molecule has 0 saturated carbocycles. The van der Waals surface area contributed by atoms with Crippen LogP contribution < -0.4 is 5.73 Å². The summed E-state index contributed by atoms with van der Waals surface area (Å²) in [6.45, 7) is 2.59. The summed E-state index contributed by atoms with van der Waals surface area (Å²) in [5.41, 5.74) is 5.24. The molecule has 0 radical (unpaired) electrons. The maximum atomic E-state index is 12.0. The van der Waals surface area contributed by atoms with Crippen molar-refractivity contribution in [3.8, 4) is 0 Å². The Labute approximate surface area is 88.7 Å². The van der Waals surface area contributed by atoms with Crippen molar-refractivity contribution in [3.05, 3.63) is 0 Å². The average Bonchev–Trinajstić information content (AvgIpc) is 1.94. The topological polar surface area (TPSA) is 35.2 Å². The minimum Gasteiger partial charge on any atom is -0.358 e. The van der Waals surface area contributed by atoms with Crippen LogP contribution in [-0.2, 0) is 4.74 Å². The number of halogens is 6. The van der Waals surface area contributed by atoms with E-state index in [9.17, 15) is 26.3 Å². The van der Waals surface area contributed by atoms with Crippen molar-refractivity contribution in [2.24, 2.45) is 5.73 Å². The van der Waals surface area contributed by atoms with Gasteiger partial charge in [0.2, 0.25) is 6.10 Å². The fourth-order valence-corrected chi connectivity index (χ4v) is 1.15. The Morgan fingerprint density at radius 1 is 1.00 bits per heavy atom. The summed E-state index contributed by atoms with van der Waals surface area (Å²) in [5.74, 6) is 0. The lowest BCUT2D eigenvalue weighted by Crippen LogP contribution is -2.46. The summed E-state index contributed by atoms with van der Waals surface area (Å²) >= 11 is 0. The largest absolute Gasteiger partial charge is 0.423 e. The molecule has 0 aliphatic carbocycles. The molecule has 0 spiro atoms. The van der Waals surface area contributed by atoms with E-state index in [-0.39, 0.29) is 6.42 Å². The van der Waals surface area contributed by atoms with Crippen LogP contribution in [0.4, 0.5) is 26.3 Å². The van der Waals surface area contributed by atoms with Crippen LogP contribution in [0.5, 0.6) is 0 Å². The Kier molecular flexibility index (Phi) is 5.06. The quantitative estimate of drug-likeness (QED) is 0.781. The van der Waals surface area contributed by atoms with Crippen molar-refractivity contribution in [1.29, 1.82) is 0 Å². The molecule has 98 valence electrons. The maximum Gasteiger partial charge on any atom is 0.423 e. The van der Waals surface area contributed by atoms with Gasteiger partial charge in [-0.25, -0.2) is 0 Å². The number of hydrogen-bond acceptors (Lipinski definition) is 2. The summed E-state index contributed by atoms with van der Waals surface area (Å²) in [5, 5.41) is 0. The third-order valence-electron chi connectivity index (χ3n) is 1.67. The van der Waals surface area contributed by atoms with E-state index in [1.807, 2.05) is 0 Å². The van der Waals surface area contributed by atoms with Gasteiger partial charge in [0.1, 0.15) is 0 Å². The molecule has 0 saturated heterocycles. The molecule has 0 heterocycles. The van der Waals surface area contributed by atoms with E-state index >= 15 is 0 Å². The lowest BCUT2D eigenvalue weighted by Gasteiger charge is -2.27. The second-order valence-electron chi connectivity index (χ2n) is 3.62. The summed E-state index contributed by atoms with van der Waals surface area (Å²) in [6.07, 6.45) is -16.0. The van der Waals surface area contributed by atoms with Crippen molar-refractivity contribution >= 4 is 0 Å². The van der Waals surface area contributed by atoms with Crippen LogP contribution in [-0.4, -0.2) is 30.6 Å². The molecule has 16 heavy (non-hydrogen) atoms. The summed E-state index contributed by atoms with van der Waals surface area (Å²) in [7, 11) is 0. The van der Waals surface area contributed by atoms with E-state index in [2.05, 4.69) is 4.74 Å². The van der Waals surface area contributed by atoms with Gasteiger partial charge in [-0.05, 0) is 20.3 Å². The first-order valence-corrected chi connectivity index (χ1v) is 4.49. The Balaban J connectivity index is 4.58. The first-order valence-electron chi connectivity index (χ1n) is 4.49. The van der Waals surface area contributed by atoms with Gasteiger partial charge in [-0.2, -0.15) is 26.3 Å². The van der Waals surface area contributed by atoms with Crippen molar-refractivity contribution in [2.45, 2.75) is 50.9 Å². The highest BCUT2D eigenvalue weighted by Crippen LogP contribution is 2.36. The molecule has 0 rings (SSSR count). The van der Waals surface area contributed by atoms with Crippen LogP contribution in [0.3, 0.4) is 0 Å². The third-order valence-corrected chi connectivity index (χ3v) is 1.67. The molecule has 0 bridgehead atoms. The SMILES string of the molecule is CC(N)CC(C)OC(C(F)(F)F)C(F)(F)F. The van der Waals surface area contributed by atoms with Crippen LogP contribution >= 0.6 is 0 Å². The average molecular weight is 253 g/mol. The summed E-state index contributed by atoms with van der Waals surface area (Å²) in [4.78, 5) is 0. The third kappa shape index (κ3) is 5.55. The standard InChI is InChI=1S/C8H13F6NO/c1-4(15)3-5(2)16-6(7(9,10)11)8(12,13)14/h4-6H,3,15H2,1-2H3. The van der Waals surface area contributed by atoms with Crippen LogP contribution in [0, 0.1) is 0 Å². The Bertz CT molecular complexity index is 198. The van der Waals surface area contributed by atoms with E-state index < -0.39 is 30.6 Å². The van der Waals surface area contributed by atoms with Crippen LogP contribution in [0.15, 0.2) is 0 Å². The van der Waals surface area contributed by atoms with Gasteiger partial charge in [0, 0.05) is 6.04 Å². The molecule has 2 unspecified atom stereocenters. The van der Waals surface area contributed by atoms with Gasteiger partial charge in [-0.1, -0.05) is 0 Å². The molecule has 0 aromatic heterocycles. The van der Waals surface area contributed by atoms with Gasteiger partial charge in [-0.15, -0.1) is 0 Å². The summed E-state index contributed by atoms with van der Waals surface area (Å²) in [6, 6.07) is -0.530. The number of hydrogen-bond donors (Lipinski definition) is 1. The minimum absolute atomic E-state index is 0.0807. The molecule has 8 heteroatoms. The molecule has 0 aliphatic rings. The number of nitrogens with two attached hydrogens (primary N) is 1. The Hall–Kier alpha value is -0.500. The van der Waals surface area contributed by atoms with Gasteiger partial charge >= 0.3 is 12.4 Å². The normalized spacial score (nSPS) is 17.6. The predicted octanol–water partition coefficient (Wildman–Crippen LogP) is 2.62. The predicted molar refractivity (Wildman–Crippen MR) is 44.7 cm³/mol. The highest BCUT2D eigenvalue weighted by Gasteiger charge is 2.58. The lowest BCUT2D eigenvalue weighted by atomic mass is 10.1. The summed E-state index contributed by atoms with van der Waals surface area (Å²) < 4.78 is 76.2. The fraction of sp³-hybridized carbons (Fsp3) is 1.00. The number of rotatable bonds is 4. The molecule has 0 aliphatic heterocycles. The van der Waals surface area contributed by atoms with Crippen molar-refractivity contribution < 1.29 is 31.1 Å². The van der Waals surface area contributed by atoms with Gasteiger partial charge in [0.05, 0.1) is 6.10 Å². The zero-order valence-electron chi connectivity index (χ0n) is 8.69. The molecular weight excluding hydrogens is 240 g/mol. The zero-order valence-corrected chi connectivity index (χ0v) is 8.69. The van der Waals surface area contributed by atoms with Gasteiger partial charge in [0.25, 0.3) is 0 Å². The van der Waals surface area contributed by atoms with Crippen LogP contribution in [0.25, 0.3) is 0 Å². The van der Waals surface area contributed by atoms with Crippen molar-refractivity contribution in [3.63, 3.8) is 0 Å². The first kappa shape index (κ1) is 15.5. The molecule has 0 fully saturated rings. The molecule has 0 aromatic rings. The maximum absolute atomic E-state index is 12.0. The van der Waals surface area contributed by atoms with Gasteiger partial charge in [-0.3, -0.25) is 0 Å². The molecule has 2 atom stereocenters. The van der Waals surface area contributed by atoms with Crippen molar-refractivity contribution in [1.82, 2.24) is 0 Å². The van der Waals surface area contributed by atoms with E-state index in [1.165, 1.54) is 6.92 Å². The second kappa shape index (κ2) is 5.22. The highest BCUT2D eigenvalue weighted by molar-refractivity contribution is 4.77. The Morgan fingerprint density at radius 2 is 1.38 bits per heavy atom. The highest BCUT2D eigenvalue weighted by atomic mass is 19.4. The fourth-order valence-electron chi connectivity index (χ4n) is 1.15. The Morgan fingerprint density at radius 3 is 1.62 bits per heavy atom. The van der Waals surface area contributed by atoms with Crippen LogP contribution in [0.1, 0.15) is 20.3 Å². The zero-order chi connectivity index (χ0) is 13.1. The van der Waals surface area contributed by atoms with Crippen LogP contribution in [0.2, 0.25) is 0 Å². The lowest BCUT2D eigenvalue weighted by molar-refractivity contribution is -0.330. The van der Waals surface area contributed by atoms with E-state index in [0.29, 0.717) is 0 Å². The second-order valence-corrected chi connectivity index (χ2v) is 3.62. The molecule has 2 nitrogen and oxygen atoms in total.